The van der Waals surface area contributed by atoms with Crippen molar-refractivity contribution in [1.82, 2.24) is 5.32 Å². The molecule has 5 nitrogen and oxygen atoms in total. The molecule has 0 unspecified atom stereocenters. The molecule has 1 aromatic rings. The third kappa shape index (κ3) is 4.44. The summed E-state index contributed by atoms with van der Waals surface area (Å²) < 4.78 is 10.6. The molecule has 0 heterocycles. The maximum Gasteiger partial charge on any atom is 0.251 e. The molecule has 0 fully saturated rings. The lowest BCUT2D eigenvalue weighted by molar-refractivity contribution is -0.00815. The third-order valence-electron chi connectivity index (χ3n) is 2.71. The van der Waals surface area contributed by atoms with Crippen LogP contribution >= 0.6 is 0 Å². The first-order valence-electron chi connectivity index (χ1n) is 6.25. The maximum atomic E-state index is 12.0. The van der Waals surface area contributed by atoms with Crippen molar-refractivity contribution in [2.45, 2.75) is 26.4 Å². The van der Waals surface area contributed by atoms with Crippen molar-refractivity contribution >= 4 is 11.6 Å². The van der Waals surface area contributed by atoms with E-state index >= 15 is 0 Å². The van der Waals surface area contributed by atoms with E-state index in [2.05, 4.69) is 5.32 Å². The number of nitrogens with two attached hydrogens (primary N) is 1. The van der Waals surface area contributed by atoms with Crippen LogP contribution in [0.4, 0.5) is 5.69 Å². The van der Waals surface area contributed by atoms with Crippen molar-refractivity contribution in [3.63, 3.8) is 0 Å². The van der Waals surface area contributed by atoms with Crippen LogP contribution in [0, 0.1) is 0 Å². The quantitative estimate of drug-likeness (QED) is 0.770. The molecule has 0 aliphatic heterocycles. The van der Waals surface area contributed by atoms with E-state index in [-0.39, 0.29) is 11.5 Å². The number of amides is 1. The number of carbonyl (C=O) groups is 1. The molecule has 106 valence electrons. The molecule has 0 bridgehead atoms. The van der Waals surface area contributed by atoms with Gasteiger partial charge in [0.15, 0.2) is 0 Å². The number of nitrogens with one attached hydrogen (secondary N) is 1. The van der Waals surface area contributed by atoms with Crippen LogP contribution in [0.2, 0.25) is 0 Å². The Morgan fingerprint density at radius 3 is 2.68 bits per heavy atom. The van der Waals surface area contributed by atoms with Gasteiger partial charge in [-0.05, 0) is 39.0 Å². The van der Waals surface area contributed by atoms with E-state index in [1.54, 1.807) is 18.2 Å². The van der Waals surface area contributed by atoms with E-state index < -0.39 is 0 Å². The molecule has 0 aromatic heterocycles. The monoisotopic (exact) mass is 266 g/mol. The van der Waals surface area contributed by atoms with Gasteiger partial charge in [-0.1, -0.05) is 0 Å². The summed E-state index contributed by atoms with van der Waals surface area (Å²) in [5.41, 5.74) is 6.34. The predicted octanol–water partition coefficient (Wildman–Crippen LogP) is 1.82. The summed E-state index contributed by atoms with van der Waals surface area (Å²) in [6, 6.07) is 4.95. The lowest BCUT2D eigenvalue weighted by atomic mass is 10.1. The molecule has 1 rings (SSSR count). The molecular formula is C14H22N2O3. The molecule has 0 spiro atoms. The fourth-order valence-corrected chi connectivity index (χ4v) is 1.69. The van der Waals surface area contributed by atoms with Gasteiger partial charge in [0.1, 0.15) is 5.75 Å². The number of carbonyl (C=O) groups excluding carboxylic acids is 1. The van der Waals surface area contributed by atoms with Crippen LogP contribution in [0.15, 0.2) is 18.2 Å². The summed E-state index contributed by atoms with van der Waals surface area (Å²) in [5.74, 6) is 0.322. The molecule has 0 saturated heterocycles. The van der Waals surface area contributed by atoms with Crippen LogP contribution in [0.25, 0.3) is 0 Å². The second kappa shape index (κ2) is 6.43. The maximum absolute atomic E-state index is 12.0. The second-order valence-corrected chi connectivity index (χ2v) is 4.83. The van der Waals surface area contributed by atoms with Gasteiger partial charge < -0.3 is 20.5 Å². The van der Waals surface area contributed by atoms with Crippen molar-refractivity contribution in [2.24, 2.45) is 0 Å². The summed E-state index contributed by atoms with van der Waals surface area (Å²) in [6.45, 7) is 6.83. The Morgan fingerprint density at radius 2 is 2.11 bits per heavy atom. The molecule has 3 N–H and O–H groups in total. The summed E-state index contributed by atoms with van der Waals surface area (Å²) in [6.07, 6.45) is 0. The van der Waals surface area contributed by atoms with Gasteiger partial charge in [0, 0.05) is 18.7 Å². The summed E-state index contributed by atoms with van der Waals surface area (Å²) >= 11 is 0. The number of anilines is 1. The van der Waals surface area contributed by atoms with Gasteiger partial charge in [-0.15, -0.1) is 0 Å². The molecule has 0 aliphatic rings. The lowest BCUT2D eigenvalue weighted by Crippen LogP contribution is -2.40. The smallest absolute Gasteiger partial charge is 0.251 e. The SMILES string of the molecule is CCOC(C)(C)CNC(=O)c1ccc(N)c(OC)c1. The number of benzene rings is 1. The van der Waals surface area contributed by atoms with Gasteiger partial charge in [-0.2, -0.15) is 0 Å². The average Bonchev–Trinajstić information content (AvgIpc) is 2.36. The highest BCUT2D eigenvalue weighted by Gasteiger charge is 2.19. The van der Waals surface area contributed by atoms with Crippen LogP contribution in [-0.2, 0) is 4.74 Å². The summed E-state index contributed by atoms with van der Waals surface area (Å²) in [5, 5.41) is 2.83. The van der Waals surface area contributed by atoms with E-state index in [0.717, 1.165) is 0 Å². The van der Waals surface area contributed by atoms with Gasteiger partial charge in [-0.25, -0.2) is 0 Å². The molecule has 1 amide bonds. The highest BCUT2D eigenvalue weighted by molar-refractivity contribution is 5.95. The van der Waals surface area contributed by atoms with Crippen molar-refractivity contribution in [3.05, 3.63) is 23.8 Å². The zero-order valence-electron chi connectivity index (χ0n) is 11.9. The average molecular weight is 266 g/mol. The van der Waals surface area contributed by atoms with E-state index in [0.29, 0.717) is 30.2 Å². The third-order valence-corrected chi connectivity index (χ3v) is 2.71. The molecule has 1 aromatic carbocycles. The van der Waals surface area contributed by atoms with Gasteiger partial charge in [0.05, 0.1) is 18.4 Å². The highest BCUT2D eigenvalue weighted by Crippen LogP contribution is 2.22. The first-order chi connectivity index (χ1) is 8.89. The van der Waals surface area contributed by atoms with E-state index in [4.69, 9.17) is 15.2 Å². The molecule has 0 radical (unpaired) electrons. The van der Waals surface area contributed by atoms with E-state index in [9.17, 15) is 4.79 Å². The number of nitrogen functional groups attached to an aromatic ring is 1. The number of ether oxygens (including phenoxy) is 2. The van der Waals surface area contributed by atoms with Crippen LogP contribution in [0.5, 0.6) is 5.75 Å². The van der Waals surface area contributed by atoms with Crippen molar-refractivity contribution in [2.75, 3.05) is 26.0 Å². The fraction of sp³-hybridized carbons (Fsp3) is 0.500. The minimum absolute atomic E-state index is 0.175. The largest absolute Gasteiger partial charge is 0.495 e. The molecule has 5 heteroatoms. The summed E-state index contributed by atoms with van der Waals surface area (Å²) in [4.78, 5) is 12.0. The fourth-order valence-electron chi connectivity index (χ4n) is 1.69. The molecule has 19 heavy (non-hydrogen) atoms. The van der Waals surface area contributed by atoms with Crippen LogP contribution in [-0.4, -0.2) is 31.8 Å². The molecule has 0 atom stereocenters. The Labute approximate surface area is 114 Å². The van der Waals surface area contributed by atoms with Crippen molar-refractivity contribution in [1.29, 1.82) is 0 Å². The Morgan fingerprint density at radius 1 is 1.42 bits per heavy atom. The van der Waals surface area contributed by atoms with Gasteiger partial charge in [0.25, 0.3) is 5.91 Å². The minimum atomic E-state index is -0.387. The Kier molecular flexibility index (Phi) is 5.18. The first-order valence-corrected chi connectivity index (χ1v) is 6.25. The lowest BCUT2D eigenvalue weighted by Gasteiger charge is -2.24. The van der Waals surface area contributed by atoms with Crippen molar-refractivity contribution in [3.8, 4) is 5.75 Å². The standard InChI is InChI=1S/C14H22N2O3/c1-5-19-14(2,3)9-16-13(17)10-6-7-11(15)12(8-10)18-4/h6-8H,5,9,15H2,1-4H3,(H,16,17). The van der Waals surface area contributed by atoms with Crippen LogP contribution in [0.1, 0.15) is 31.1 Å². The van der Waals surface area contributed by atoms with Crippen LogP contribution < -0.4 is 15.8 Å². The Hall–Kier alpha value is -1.75. The predicted molar refractivity (Wildman–Crippen MR) is 75.4 cm³/mol. The molecular weight excluding hydrogens is 244 g/mol. The topological polar surface area (TPSA) is 73.6 Å². The first kappa shape index (κ1) is 15.3. The zero-order valence-corrected chi connectivity index (χ0v) is 11.9. The Bertz CT molecular complexity index is 444. The number of hydrogen-bond acceptors (Lipinski definition) is 4. The number of rotatable bonds is 6. The van der Waals surface area contributed by atoms with E-state index in [1.807, 2.05) is 20.8 Å². The number of hydrogen-bond donors (Lipinski definition) is 2. The van der Waals surface area contributed by atoms with Gasteiger partial charge in [0.2, 0.25) is 0 Å². The van der Waals surface area contributed by atoms with Gasteiger partial charge in [-0.3, -0.25) is 4.79 Å². The van der Waals surface area contributed by atoms with Crippen LogP contribution in [0.3, 0.4) is 0 Å². The minimum Gasteiger partial charge on any atom is -0.495 e. The highest BCUT2D eigenvalue weighted by atomic mass is 16.5. The zero-order chi connectivity index (χ0) is 14.5. The summed E-state index contributed by atoms with van der Waals surface area (Å²) in [7, 11) is 1.52. The second-order valence-electron chi connectivity index (χ2n) is 4.83. The normalized spacial score (nSPS) is 11.2. The number of methoxy groups -OCH3 is 1. The molecule has 0 saturated carbocycles. The molecule has 0 aliphatic carbocycles. The van der Waals surface area contributed by atoms with Crippen molar-refractivity contribution < 1.29 is 14.3 Å². The van der Waals surface area contributed by atoms with Gasteiger partial charge >= 0.3 is 0 Å². The Balaban J connectivity index is 2.68. The van der Waals surface area contributed by atoms with E-state index in [1.165, 1.54) is 7.11 Å².